The van der Waals surface area contributed by atoms with E-state index in [9.17, 15) is 0 Å². The normalized spacial score (nSPS) is 13.4. The molecule has 0 spiro atoms. The predicted octanol–water partition coefficient (Wildman–Crippen LogP) is 3.42. The Balaban J connectivity index is 0.000000224. The molecule has 1 aliphatic carbocycles. The van der Waals surface area contributed by atoms with Gasteiger partial charge in [-0.1, -0.05) is 32.0 Å². The van der Waals surface area contributed by atoms with Crippen molar-refractivity contribution in [2.45, 2.75) is 58.9 Å². The van der Waals surface area contributed by atoms with E-state index in [1.54, 1.807) is 5.56 Å². The summed E-state index contributed by atoms with van der Waals surface area (Å²) in [6.07, 6.45) is 7.72. The monoisotopic (exact) mass is 262 g/mol. The third-order valence-corrected chi connectivity index (χ3v) is 3.50. The molecule has 0 saturated carbocycles. The van der Waals surface area contributed by atoms with Crippen LogP contribution in [0.1, 0.15) is 56.2 Å². The second-order valence-electron chi connectivity index (χ2n) is 5.26. The van der Waals surface area contributed by atoms with E-state index < -0.39 is 0 Å². The van der Waals surface area contributed by atoms with Crippen LogP contribution in [0.15, 0.2) is 18.2 Å². The van der Waals surface area contributed by atoms with Crippen LogP contribution in [0, 0.1) is 0 Å². The molecule has 1 aliphatic rings. The fraction of sp³-hybridized carbons (Fsp3) is 0.647. The number of aryl methyl sites for hydroxylation is 2. The minimum Gasteiger partial charge on any atom is -0.326 e. The van der Waals surface area contributed by atoms with Gasteiger partial charge in [-0.25, -0.2) is 0 Å². The molecule has 0 heterocycles. The molecular formula is C17H30N2. The van der Waals surface area contributed by atoms with Crippen molar-refractivity contribution >= 4 is 0 Å². The average Bonchev–Trinajstić information content (AvgIpc) is 2.48. The van der Waals surface area contributed by atoms with Gasteiger partial charge >= 0.3 is 0 Å². The zero-order chi connectivity index (χ0) is 13.9. The fourth-order valence-corrected chi connectivity index (χ4v) is 2.39. The summed E-state index contributed by atoms with van der Waals surface area (Å²) in [4.78, 5) is 0. The van der Waals surface area contributed by atoms with E-state index in [-0.39, 0.29) is 0 Å². The van der Waals surface area contributed by atoms with Crippen molar-refractivity contribution in [3.8, 4) is 0 Å². The molecule has 0 aromatic heterocycles. The van der Waals surface area contributed by atoms with E-state index in [2.05, 4.69) is 37.4 Å². The second-order valence-corrected chi connectivity index (χ2v) is 5.26. The zero-order valence-corrected chi connectivity index (χ0v) is 12.7. The van der Waals surface area contributed by atoms with Gasteiger partial charge in [0.1, 0.15) is 0 Å². The van der Waals surface area contributed by atoms with Crippen LogP contribution in [0.3, 0.4) is 0 Å². The van der Waals surface area contributed by atoms with Crippen LogP contribution >= 0.6 is 0 Å². The predicted molar refractivity (Wildman–Crippen MR) is 84.4 cm³/mol. The maximum absolute atomic E-state index is 5.58. The third-order valence-electron chi connectivity index (χ3n) is 3.50. The second kappa shape index (κ2) is 9.99. The fourth-order valence-electron chi connectivity index (χ4n) is 2.39. The van der Waals surface area contributed by atoms with Crippen LogP contribution in [0.25, 0.3) is 0 Å². The van der Waals surface area contributed by atoms with Crippen LogP contribution in [0.2, 0.25) is 0 Å². The highest BCUT2D eigenvalue weighted by Gasteiger charge is 2.08. The first-order valence-corrected chi connectivity index (χ1v) is 7.83. The van der Waals surface area contributed by atoms with Crippen LogP contribution in [0.4, 0.5) is 0 Å². The van der Waals surface area contributed by atoms with Crippen molar-refractivity contribution in [3.05, 3.63) is 34.9 Å². The van der Waals surface area contributed by atoms with Gasteiger partial charge in [-0.05, 0) is 68.3 Å². The van der Waals surface area contributed by atoms with Gasteiger partial charge in [-0.3, -0.25) is 0 Å². The standard InChI is InChI=1S/C11H15N.C6H15N/c12-8-9-5-6-10-3-1-2-4-11(10)7-9;1-3-5-7-6-4-2/h5-7H,1-4,8,12H2;7H,3-6H2,1-2H3. The van der Waals surface area contributed by atoms with Crippen molar-refractivity contribution in [2.24, 2.45) is 5.73 Å². The summed E-state index contributed by atoms with van der Waals surface area (Å²) in [5, 5.41) is 3.28. The van der Waals surface area contributed by atoms with Gasteiger partial charge in [0.2, 0.25) is 0 Å². The molecule has 108 valence electrons. The number of hydrogen-bond donors (Lipinski definition) is 2. The lowest BCUT2D eigenvalue weighted by Gasteiger charge is -2.15. The maximum atomic E-state index is 5.58. The summed E-state index contributed by atoms with van der Waals surface area (Å²) in [6.45, 7) is 7.39. The van der Waals surface area contributed by atoms with Crippen molar-refractivity contribution in [1.29, 1.82) is 0 Å². The quantitative estimate of drug-likeness (QED) is 0.798. The summed E-state index contributed by atoms with van der Waals surface area (Å²) in [6, 6.07) is 6.68. The molecule has 0 radical (unpaired) electrons. The van der Waals surface area contributed by atoms with E-state index in [4.69, 9.17) is 5.73 Å². The average molecular weight is 262 g/mol. The molecule has 0 unspecified atom stereocenters. The van der Waals surface area contributed by atoms with E-state index in [1.807, 2.05) is 0 Å². The van der Waals surface area contributed by atoms with Gasteiger partial charge < -0.3 is 11.1 Å². The van der Waals surface area contributed by atoms with Gasteiger partial charge in [-0.15, -0.1) is 0 Å². The van der Waals surface area contributed by atoms with E-state index in [0.29, 0.717) is 6.54 Å². The summed E-state index contributed by atoms with van der Waals surface area (Å²) in [5.41, 5.74) is 9.93. The van der Waals surface area contributed by atoms with Gasteiger partial charge in [0, 0.05) is 6.54 Å². The highest BCUT2D eigenvalue weighted by atomic mass is 14.8. The first kappa shape index (κ1) is 16.2. The highest BCUT2D eigenvalue weighted by Crippen LogP contribution is 2.21. The van der Waals surface area contributed by atoms with E-state index >= 15 is 0 Å². The molecule has 2 nitrogen and oxygen atoms in total. The van der Waals surface area contributed by atoms with Crippen molar-refractivity contribution in [1.82, 2.24) is 5.32 Å². The number of benzene rings is 1. The molecule has 0 atom stereocenters. The number of hydrogen-bond acceptors (Lipinski definition) is 2. The Bertz CT molecular complexity index is 343. The third kappa shape index (κ3) is 6.22. The first-order valence-electron chi connectivity index (χ1n) is 7.83. The Hall–Kier alpha value is -0.860. The van der Waals surface area contributed by atoms with Gasteiger partial charge in [-0.2, -0.15) is 0 Å². The number of fused-ring (bicyclic) bond motifs is 1. The minimum atomic E-state index is 0.674. The smallest absolute Gasteiger partial charge is 0.0178 e. The molecule has 19 heavy (non-hydrogen) atoms. The molecule has 0 amide bonds. The lowest BCUT2D eigenvalue weighted by molar-refractivity contribution is 0.662. The Labute approximate surface area is 118 Å². The molecule has 2 rings (SSSR count). The summed E-state index contributed by atoms with van der Waals surface area (Å²) in [5.74, 6) is 0. The van der Waals surface area contributed by atoms with Crippen molar-refractivity contribution in [2.75, 3.05) is 13.1 Å². The lowest BCUT2D eigenvalue weighted by Crippen LogP contribution is -2.14. The Morgan fingerprint density at radius 1 is 1.00 bits per heavy atom. The van der Waals surface area contributed by atoms with Gasteiger partial charge in [0.05, 0.1) is 0 Å². The van der Waals surface area contributed by atoms with Crippen LogP contribution in [-0.4, -0.2) is 13.1 Å². The van der Waals surface area contributed by atoms with E-state index in [0.717, 1.165) is 0 Å². The first-order chi connectivity index (χ1) is 9.31. The molecule has 1 aromatic rings. The van der Waals surface area contributed by atoms with Gasteiger partial charge in [0.25, 0.3) is 0 Å². The Morgan fingerprint density at radius 2 is 1.63 bits per heavy atom. The number of rotatable bonds is 5. The number of nitrogens with two attached hydrogens (primary N) is 1. The molecule has 0 bridgehead atoms. The lowest BCUT2D eigenvalue weighted by atomic mass is 9.90. The topological polar surface area (TPSA) is 38.0 Å². The molecule has 2 heteroatoms. The van der Waals surface area contributed by atoms with Crippen LogP contribution in [0.5, 0.6) is 0 Å². The number of nitrogens with one attached hydrogen (secondary N) is 1. The van der Waals surface area contributed by atoms with Crippen LogP contribution in [-0.2, 0) is 19.4 Å². The summed E-state index contributed by atoms with van der Waals surface area (Å²) < 4.78 is 0. The summed E-state index contributed by atoms with van der Waals surface area (Å²) >= 11 is 0. The molecular weight excluding hydrogens is 232 g/mol. The largest absolute Gasteiger partial charge is 0.326 e. The SMILES string of the molecule is CCCNCCC.NCc1ccc2c(c1)CCCC2. The van der Waals surface area contributed by atoms with Crippen molar-refractivity contribution < 1.29 is 0 Å². The molecule has 0 aliphatic heterocycles. The molecule has 0 fully saturated rings. The zero-order valence-electron chi connectivity index (χ0n) is 12.7. The molecule has 0 saturated heterocycles. The van der Waals surface area contributed by atoms with Gasteiger partial charge in [0.15, 0.2) is 0 Å². The Morgan fingerprint density at radius 3 is 2.21 bits per heavy atom. The maximum Gasteiger partial charge on any atom is 0.0178 e. The van der Waals surface area contributed by atoms with E-state index in [1.165, 1.54) is 62.7 Å². The van der Waals surface area contributed by atoms with Crippen LogP contribution < -0.4 is 11.1 Å². The minimum absolute atomic E-state index is 0.674. The highest BCUT2D eigenvalue weighted by molar-refractivity contribution is 5.33. The Kier molecular flexibility index (Phi) is 8.52. The molecule has 3 N–H and O–H groups in total. The van der Waals surface area contributed by atoms with Crippen molar-refractivity contribution in [3.63, 3.8) is 0 Å². The summed E-state index contributed by atoms with van der Waals surface area (Å²) in [7, 11) is 0. The molecule has 1 aromatic carbocycles.